The number of terminal acetylenes is 1. The lowest BCUT2D eigenvalue weighted by Crippen LogP contribution is -2.25. The van der Waals surface area contributed by atoms with Crippen molar-refractivity contribution < 1.29 is 9.72 Å². The van der Waals surface area contributed by atoms with Crippen molar-refractivity contribution in [3.63, 3.8) is 0 Å². The predicted octanol–water partition coefficient (Wildman–Crippen LogP) is 1.45. The summed E-state index contributed by atoms with van der Waals surface area (Å²) in [7, 11) is 0. The topological polar surface area (TPSA) is 87.2 Å². The van der Waals surface area contributed by atoms with E-state index in [0.29, 0.717) is 12.2 Å². The summed E-state index contributed by atoms with van der Waals surface area (Å²) in [5.74, 6) is 2.15. The van der Waals surface area contributed by atoms with Gasteiger partial charge in [-0.3, -0.25) is 14.9 Å². The molecule has 0 saturated carbocycles. The number of nitro benzene ring substituents is 1. The van der Waals surface area contributed by atoms with Crippen LogP contribution < -0.4 is 4.90 Å². The maximum Gasteiger partial charge on any atom is 0.270 e. The van der Waals surface area contributed by atoms with Gasteiger partial charge in [0.05, 0.1) is 16.2 Å². The lowest BCUT2D eigenvalue weighted by atomic mass is 10.1. The summed E-state index contributed by atoms with van der Waals surface area (Å²) >= 11 is 0. The molecule has 6 heteroatoms. The summed E-state index contributed by atoms with van der Waals surface area (Å²) in [6.07, 6.45) is 5.52. The van der Waals surface area contributed by atoms with Crippen LogP contribution in [0.4, 0.5) is 11.4 Å². The van der Waals surface area contributed by atoms with Crippen LogP contribution in [0.5, 0.6) is 0 Å². The molecule has 0 bridgehead atoms. The van der Waals surface area contributed by atoms with E-state index < -0.39 is 4.92 Å². The van der Waals surface area contributed by atoms with Crippen LogP contribution in [0.1, 0.15) is 12.0 Å². The number of hydrogen-bond acceptors (Lipinski definition) is 4. The number of hydrogen-bond donors (Lipinski definition) is 0. The maximum absolute atomic E-state index is 11.8. The summed E-state index contributed by atoms with van der Waals surface area (Å²) in [6, 6.07) is 5.71. The number of non-ortho nitro benzene ring substituents is 1. The van der Waals surface area contributed by atoms with Gasteiger partial charge in [-0.05, 0) is 6.07 Å². The fourth-order valence-corrected chi connectivity index (χ4v) is 2.01. The van der Waals surface area contributed by atoms with Crippen molar-refractivity contribution in [3.8, 4) is 18.4 Å². The first kappa shape index (κ1) is 12.6. The average molecular weight is 255 g/mol. The second-order valence-electron chi connectivity index (χ2n) is 4.14. The van der Waals surface area contributed by atoms with E-state index in [1.54, 1.807) is 0 Å². The second kappa shape index (κ2) is 4.79. The molecule has 0 aliphatic carbocycles. The Morgan fingerprint density at radius 2 is 2.26 bits per heavy atom. The quantitative estimate of drug-likeness (QED) is 0.454. The van der Waals surface area contributed by atoms with Gasteiger partial charge >= 0.3 is 0 Å². The molecule has 94 valence electrons. The molecule has 1 atom stereocenters. The Kier molecular flexibility index (Phi) is 3.17. The number of nitriles is 1. The molecule has 1 unspecified atom stereocenters. The molecule has 1 aliphatic rings. The van der Waals surface area contributed by atoms with Gasteiger partial charge in [0.2, 0.25) is 5.91 Å². The zero-order chi connectivity index (χ0) is 14.0. The molecule has 1 aliphatic heterocycles. The lowest BCUT2D eigenvalue weighted by Gasteiger charge is -2.17. The highest BCUT2D eigenvalue weighted by atomic mass is 16.6. The van der Waals surface area contributed by atoms with E-state index >= 15 is 0 Å². The minimum Gasteiger partial charge on any atom is -0.310 e. The maximum atomic E-state index is 11.8. The van der Waals surface area contributed by atoms with Crippen LogP contribution in [0, 0.1) is 39.7 Å². The van der Waals surface area contributed by atoms with Crippen LogP contribution in [0.3, 0.4) is 0 Å². The molecular formula is C13H9N3O3. The number of nitro groups is 1. The third-order valence-corrected chi connectivity index (χ3v) is 2.96. The molecule has 0 radical (unpaired) electrons. The van der Waals surface area contributed by atoms with Crippen LogP contribution in [-0.4, -0.2) is 17.4 Å². The molecule has 1 heterocycles. The Labute approximate surface area is 109 Å². The number of benzene rings is 1. The SMILES string of the molecule is C#CC1CC(=O)N(c2ccc([N+](=O)[O-])cc2C#N)C1. The second-order valence-corrected chi connectivity index (χ2v) is 4.14. The largest absolute Gasteiger partial charge is 0.310 e. The van der Waals surface area contributed by atoms with Crippen molar-refractivity contribution in [2.24, 2.45) is 5.92 Å². The van der Waals surface area contributed by atoms with Crippen LogP contribution in [-0.2, 0) is 4.79 Å². The van der Waals surface area contributed by atoms with E-state index in [-0.39, 0.29) is 29.5 Å². The summed E-state index contributed by atoms with van der Waals surface area (Å²) in [4.78, 5) is 23.3. The average Bonchev–Trinajstić information content (AvgIpc) is 2.79. The van der Waals surface area contributed by atoms with E-state index in [2.05, 4.69) is 5.92 Å². The van der Waals surface area contributed by atoms with E-state index in [1.807, 2.05) is 6.07 Å². The van der Waals surface area contributed by atoms with E-state index in [0.717, 1.165) is 6.07 Å². The molecule has 1 amide bonds. The van der Waals surface area contributed by atoms with Gasteiger partial charge in [0.25, 0.3) is 5.69 Å². The number of carbonyl (C=O) groups is 1. The minimum absolute atomic E-state index is 0.0974. The molecule has 1 saturated heterocycles. The number of rotatable bonds is 2. The number of amides is 1. The first-order valence-corrected chi connectivity index (χ1v) is 5.52. The van der Waals surface area contributed by atoms with Gasteiger partial charge in [-0.1, -0.05) is 0 Å². The predicted molar refractivity (Wildman–Crippen MR) is 67.1 cm³/mol. The molecule has 2 rings (SSSR count). The molecule has 0 aromatic heterocycles. The Morgan fingerprint density at radius 1 is 1.53 bits per heavy atom. The smallest absolute Gasteiger partial charge is 0.270 e. The number of carbonyl (C=O) groups excluding carboxylic acids is 1. The normalized spacial score (nSPS) is 17.9. The Balaban J connectivity index is 2.42. The molecule has 1 aromatic rings. The lowest BCUT2D eigenvalue weighted by molar-refractivity contribution is -0.384. The van der Waals surface area contributed by atoms with Crippen LogP contribution in [0.25, 0.3) is 0 Å². The van der Waals surface area contributed by atoms with Crippen molar-refractivity contribution in [2.45, 2.75) is 6.42 Å². The fourth-order valence-electron chi connectivity index (χ4n) is 2.01. The summed E-state index contributed by atoms with van der Waals surface area (Å²) in [5, 5.41) is 19.7. The first-order chi connectivity index (χ1) is 9.06. The first-order valence-electron chi connectivity index (χ1n) is 5.52. The molecule has 19 heavy (non-hydrogen) atoms. The van der Waals surface area contributed by atoms with Gasteiger partial charge in [-0.2, -0.15) is 5.26 Å². The van der Waals surface area contributed by atoms with Crippen molar-refractivity contribution in [1.29, 1.82) is 5.26 Å². The molecule has 0 N–H and O–H groups in total. The highest BCUT2D eigenvalue weighted by Gasteiger charge is 2.31. The number of anilines is 1. The van der Waals surface area contributed by atoms with E-state index in [4.69, 9.17) is 11.7 Å². The number of nitrogens with zero attached hydrogens (tertiary/aromatic N) is 3. The fraction of sp³-hybridized carbons (Fsp3) is 0.231. The van der Waals surface area contributed by atoms with E-state index in [9.17, 15) is 14.9 Å². The molecule has 1 fully saturated rings. The Bertz CT molecular complexity index is 640. The van der Waals surface area contributed by atoms with Gasteiger partial charge in [0, 0.05) is 31.0 Å². The van der Waals surface area contributed by atoms with Gasteiger partial charge in [-0.25, -0.2) is 0 Å². The van der Waals surface area contributed by atoms with Crippen molar-refractivity contribution in [3.05, 3.63) is 33.9 Å². The third kappa shape index (κ3) is 2.24. The van der Waals surface area contributed by atoms with Crippen molar-refractivity contribution >= 4 is 17.3 Å². The van der Waals surface area contributed by atoms with Crippen LogP contribution in [0.15, 0.2) is 18.2 Å². The van der Waals surface area contributed by atoms with Crippen LogP contribution >= 0.6 is 0 Å². The molecular weight excluding hydrogens is 246 g/mol. The zero-order valence-electron chi connectivity index (χ0n) is 9.87. The highest BCUT2D eigenvalue weighted by Crippen LogP contribution is 2.30. The highest BCUT2D eigenvalue weighted by molar-refractivity contribution is 5.97. The molecule has 6 nitrogen and oxygen atoms in total. The zero-order valence-corrected chi connectivity index (χ0v) is 9.87. The molecule has 1 aromatic carbocycles. The van der Waals surface area contributed by atoms with Gasteiger partial charge in [0.15, 0.2) is 0 Å². The van der Waals surface area contributed by atoms with Crippen molar-refractivity contribution in [1.82, 2.24) is 0 Å². The summed E-state index contributed by atoms with van der Waals surface area (Å²) in [6.45, 7) is 0.335. The van der Waals surface area contributed by atoms with Gasteiger partial charge in [0.1, 0.15) is 6.07 Å². The Hall–Kier alpha value is -2.86. The van der Waals surface area contributed by atoms with E-state index in [1.165, 1.54) is 17.0 Å². The van der Waals surface area contributed by atoms with Crippen LogP contribution in [0.2, 0.25) is 0 Å². The minimum atomic E-state index is -0.583. The monoisotopic (exact) mass is 255 g/mol. The standard InChI is InChI=1S/C13H9N3O3/c1-2-9-5-13(17)15(8-9)12-4-3-11(16(18)19)6-10(12)7-14/h1,3-4,6,9H,5,8H2. The van der Waals surface area contributed by atoms with Gasteiger partial charge in [-0.15, -0.1) is 12.3 Å². The third-order valence-electron chi connectivity index (χ3n) is 2.96. The Morgan fingerprint density at radius 3 is 2.79 bits per heavy atom. The summed E-state index contributed by atoms with van der Waals surface area (Å²) < 4.78 is 0. The molecule has 0 spiro atoms. The van der Waals surface area contributed by atoms with Gasteiger partial charge < -0.3 is 4.90 Å². The van der Waals surface area contributed by atoms with Crippen molar-refractivity contribution in [2.75, 3.05) is 11.4 Å². The summed E-state index contributed by atoms with van der Waals surface area (Å²) in [5.41, 5.74) is 0.288.